The molecule has 0 aliphatic carbocycles. The second-order valence-corrected chi connectivity index (χ2v) is 6.91. The Morgan fingerprint density at radius 3 is 1.80 bits per heavy atom. The van der Waals surface area contributed by atoms with Gasteiger partial charge in [0.25, 0.3) is 5.55 Å². The quantitative estimate of drug-likeness (QED) is 0.645. The standard InChI is InChI=1S/C10H17F3OSi/c1-6-15(7-2,14-8(3)4)10(12,13)9(5)11/h6-9H,1-2H2,3-5H3. The highest BCUT2D eigenvalue weighted by atomic mass is 28.4. The molecule has 5 heteroatoms. The lowest BCUT2D eigenvalue weighted by molar-refractivity contribution is -0.0162. The zero-order chi connectivity index (χ0) is 12.3. The van der Waals surface area contributed by atoms with Crippen molar-refractivity contribution in [2.75, 3.05) is 0 Å². The Balaban J connectivity index is 5.26. The fourth-order valence-corrected chi connectivity index (χ4v) is 3.69. The van der Waals surface area contributed by atoms with Crippen molar-refractivity contribution in [2.45, 2.75) is 38.6 Å². The average molecular weight is 238 g/mol. The summed E-state index contributed by atoms with van der Waals surface area (Å²) >= 11 is 0. The summed E-state index contributed by atoms with van der Waals surface area (Å²) in [7, 11) is -3.78. The van der Waals surface area contributed by atoms with Crippen LogP contribution in [0.3, 0.4) is 0 Å². The van der Waals surface area contributed by atoms with Gasteiger partial charge in [0.15, 0.2) is 6.17 Å². The molecule has 0 radical (unpaired) electrons. The van der Waals surface area contributed by atoms with Gasteiger partial charge >= 0.3 is 8.32 Å². The van der Waals surface area contributed by atoms with Gasteiger partial charge in [-0.2, -0.15) is 0 Å². The fraction of sp³-hybridized carbons (Fsp3) is 0.600. The smallest absolute Gasteiger partial charge is 0.322 e. The van der Waals surface area contributed by atoms with Crippen molar-refractivity contribution in [3.8, 4) is 0 Å². The first-order valence-corrected chi connectivity index (χ1v) is 6.76. The Hall–Kier alpha value is -0.553. The van der Waals surface area contributed by atoms with Crippen molar-refractivity contribution in [1.29, 1.82) is 0 Å². The van der Waals surface area contributed by atoms with E-state index >= 15 is 0 Å². The number of hydrogen-bond acceptors (Lipinski definition) is 1. The number of halogens is 3. The molecule has 88 valence electrons. The molecular weight excluding hydrogens is 221 g/mol. The maximum absolute atomic E-state index is 13.6. The lowest BCUT2D eigenvalue weighted by atomic mass is 10.5. The predicted octanol–water partition coefficient (Wildman–Crippen LogP) is 3.34. The number of hydrogen-bond donors (Lipinski definition) is 0. The molecule has 0 saturated carbocycles. The van der Waals surface area contributed by atoms with Crippen molar-refractivity contribution in [3.05, 3.63) is 24.6 Å². The van der Waals surface area contributed by atoms with Gasteiger partial charge in [0.1, 0.15) is 0 Å². The van der Waals surface area contributed by atoms with Crippen molar-refractivity contribution < 1.29 is 17.6 Å². The molecule has 0 amide bonds. The summed E-state index contributed by atoms with van der Waals surface area (Å²) in [5, 5.41) is 0. The van der Waals surface area contributed by atoms with E-state index in [-0.39, 0.29) is 0 Å². The van der Waals surface area contributed by atoms with E-state index in [1.165, 1.54) is 0 Å². The molecule has 0 aliphatic heterocycles. The van der Waals surface area contributed by atoms with Crippen LogP contribution in [0.1, 0.15) is 20.8 Å². The fourth-order valence-electron chi connectivity index (χ4n) is 1.23. The van der Waals surface area contributed by atoms with Crippen molar-refractivity contribution in [1.82, 2.24) is 0 Å². The first-order valence-electron chi connectivity index (χ1n) is 4.70. The van der Waals surface area contributed by atoms with Gasteiger partial charge in [0.2, 0.25) is 0 Å². The Labute approximate surface area is 89.8 Å². The van der Waals surface area contributed by atoms with E-state index in [9.17, 15) is 13.2 Å². The molecule has 1 atom stereocenters. The summed E-state index contributed by atoms with van der Waals surface area (Å²) < 4.78 is 45.4. The van der Waals surface area contributed by atoms with Gasteiger partial charge < -0.3 is 4.43 Å². The zero-order valence-electron chi connectivity index (χ0n) is 9.27. The third-order valence-corrected chi connectivity index (χ3v) is 5.57. The molecule has 0 aromatic rings. The molecule has 0 saturated heterocycles. The average Bonchev–Trinajstić information content (AvgIpc) is 2.13. The molecule has 1 unspecified atom stereocenters. The molecule has 0 fully saturated rings. The minimum atomic E-state index is -3.78. The Morgan fingerprint density at radius 2 is 1.60 bits per heavy atom. The molecule has 1 nitrogen and oxygen atoms in total. The largest absolute Gasteiger partial charge is 0.402 e. The van der Waals surface area contributed by atoms with Crippen LogP contribution < -0.4 is 0 Å². The summed E-state index contributed by atoms with van der Waals surface area (Å²) in [4.78, 5) is 0. The van der Waals surface area contributed by atoms with E-state index < -0.39 is 26.1 Å². The molecule has 0 bridgehead atoms. The zero-order valence-corrected chi connectivity index (χ0v) is 10.3. The van der Waals surface area contributed by atoms with Gasteiger partial charge in [0.05, 0.1) is 0 Å². The molecule has 0 aromatic carbocycles. The third-order valence-electron chi connectivity index (χ3n) is 2.06. The highest BCUT2D eigenvalue weighted by molar-refractivity contribution is 6.85. The molecule has 15 heavy (non-hydrogen) atoms. The molecule has 0 spiro atoms. The summed E-state index contributed by atoms with van der Waals surface area (Å²) in [6.07, 6.45) is -2.70. The van der Waals surface area contributed by atoms with Crippen LogP contribution in [0.2, 0.25) is 0 Å². The lowest BCUT2D eigenvalue weighted by Crippen LogP contribution is -2.58. The minimum absolute atomic E-state index is 0.419. The molecule has 0 aromatic heterocycles. The summed E-state index contributed by atoms with van der Waals surface area (Å²) in [6.45, 7) is 10.7. The van der Waals surface area contributed by atoms with E-state index in [2.05, 4.69) is 13.2 Å². The van der Waals surface area contributed by atoms with Crippen LogP contribution in [0.15, 0.2) is 24.6 Å². The number of rotatable bonds is 6. The van der Waals surface area contributed by atoms with E-state index in [0.29, 0.717) is 0 Å². The first-order chi connectivity index (χ1) is 6.73. The van der Waals surface area contributed by atoms with Crippen molar-refractivity contribution >= 4 is 8.32 Å². The Morgan fingerprint density at radius 1 is 1.20 bits per heavy atom. The van der Waals surface area contributed by atoms with Gasteiger partial charge in [-0.3, -0.25) is 0 Å². The predicted molar refractivity (Wildman–Crippen MR) is 57.9 cm³/mol. The Bertz CT molecular complexity index is 231. The lowest BCUT2D eigenvalue weighted by Gasteiger charge is -2.35. The van der Waals surface area contributed by atoms with E-state index in [1.54, 1.807) is 13.8 Å². The van der Waals surface area contributed by atoms with E-state index in [1.807, 2.05) is 0 Å². The van der Waals surface area contributed by atoms with Crippen LogP contribution in [0.25, 0.3) is 0 Å². The number of alkyl halides is 3. The third kappa shape index (κ3) is 2.72. The van der Waals surface area contributed by atoms with Crippen LogP contribution in [-0.2, 0) is 4.43 Å². The summed E-state index contributed by atoms with van der Waals surface area (Å²) in [5.74, 6) is 0. The van der Waals surface area contributed by atoms with E-state index in [0.717, 1.165) is 18.3 Å². The van der Waals surface area contributed by atoms with Crippen LogP contribution >= 0.6 is 0 Å². The summed E-state index contributed by atoms with van der Waals surface area (Å²) in [5.41, 5.74) is -1.49. The highest BCUT2D eigenvalue weighted by Crippen LogP contribution is 2.35. The van der Waals surface area contributed by atoms with Crippen LogP contribution in [-0.4, -0.2) is 26.1 Å². The SMILES string of the molecule is C=C[Si](C=C)(OC(C)C)C(F)(F)C(C)F. The second kappa shape index (κ2) is 4.98. The molecule has 0 rings (SSSR count). The molecule has 0 heterocycles. The van der Waals surface area contributed by atoms with Crippen molar-refractivity contribution in [2.24, 2.45) is 0 Å². The van der Waals surface area contributed by atoms with Gasteiger partial charge in [-0.05, 0) is 20.8 Å². The van der Waals surface area contributed by atoms with Crippen LogP contribution in [0, 0.1) is 0 Å². The maximum Gasteiger partial charge on any atom is 0.322 e. The maximum atomic E-state index is 13.6. The monoisotopic (exact) mass is 238 g/mol. The molecule has 0 N–H and O–H groups in total. The van der Waals surface area contributed by atoms with Gasteiger partial charge in [-0.1, -0.05) is 11.4 Å². The first kappa shape index (κ1) is 14.4. The summed E-state index contributed by atoms with van der Waals surface area (Å²) in [6, 6.07) is 0. The Kier molecular flexibility index (Phi) is 4.80. The van der Waals surface area contributed by atoms with E-state index in [4.69, 9.17) is 4.43 Å². The van der Waals surface area contributed by atoms with Gasteiger partial charge in [-0.25, -0.2) is 13.2 Å². The van der Waals surface area contributed by atoms with Gasteiger partial charge in [-0.15, -0.1) is 13.2 Å². The van der Waals surface area contributed by atoms with Gasteiger partial charge in [0, 0.05) is 6.10 Å². The normalized spacial score (nSPS) is 15.1. The van der Waals surface area contributed by atoms with Crippen LogP contribution in [0.4, 0.5) is 13.2 Å². The van der Waals surface area contributed by atoms with Crippen molar-refractivity contribution in [3.63, 3.8) is 0 Å². The second-order valence-electron chi connectivity index (χ2n) is 3.61. The molecule has 0 aliphatic rings. The topological polar surface area (TPSA) is 9.23 Å². The minimum Gasteiger partial charge on any atom is -0.402 e. The molecular formula is C10H17F3OSi. The van der Waals surface area contributed by atoms with Crippen LogP contribution in [0.5, 0.6) is 0 Å². The highest BCUT2D eigenvalue weighted by Gasteiger charge is 2.59.